The maximum absolute atomic E-state index is 13.5. The highest BCUT2D eigenvalue weighted by Gasteiger charge is 2.25. The third kappa shape index (κ3) is 4.80. The van der Waals surface area contributed by atoms with Crippen molar-refractivity contribution < 1.29 is 18.7 Å². The van der Waals surface area contributed by atoms with Crippen LogP contribution in [0.15, 0.2) is 48.8 Å². The molecule has 0 saturated carbocycles. The maximum Gasteiger partial charge on any atom is 0.270 e. The highest BCUT2D eigenvalue weighted by Crippen LogP contribution is 2.31. The third-order valence-corrected chi connectivity index (χ3v) is 5.46. The van der Waals surface area contributed by atoms with Crippen LogP contribution in [-0.4, -0.2) is 28.9 Å². The Bertz CT molecular complexity index is 1270. The molecule has 2 N–H and O–H groups in total. The fourth-order valence-electron chi connectivity index (χ4n) is 3.76. The Morgan fingerprint density at radius 1 is 1.15 bits per heavy atom. The number of ether oxygens (including phenoxy) is 1. The van der Waals surface area contributed by atoms with Gasteiger partial charge in [-0.15, -0.1) is 0 Å². The van der Waals surface area contributed by atoms with Gasteiger partial charge in [-0.3, -0.25) is 9.59 Å². The molecule has 1 atom stereocenters. The molecule has 0 fully saturated rings. The van der Waals surface area contributed by atoms with E-state index in [4.69, 9.17) is 10.00 Å². The van der Waals surface area contributed by atoms with Crippen molar-refractivity contribution in [2.24, 2.45) is 0 Å². The van der Waals surface area contributed by atoms with Crippen LogP contribution in [-0.2, 0) is 13.0 Å². The number of fused-ring (bicyclic) bond motifs is 1. The van der Waals surface area contributed by atoms with Gasteiger partial charge in [0.2, 0.25) is 0 Å². The van der Waals surface area contributed by atoms with E-state index in [1.54, 1.807) is 6.07 Å². The number of hydrogen-bond donors (Lipinski definition) is 2. The second-order valence-corrected chi connectivity index (χ2v) is 7.53. The molecule has 2 amide bonds. The van der Waals surface area contributed by atoms with Crippen LogP contribution in [0.25, 0.3) is 0 Å². The zero-order valence-electron chi connectivity index (χ0n) is 17.8. The lowest BCUT2D eigenvalue weighted by atomic mass is 10.1. The summed E-state index contributed by atoms with van der Waals surface area (Å²) < 4.78 is 18.5. The van der Waals surface area contributed by atoms with Crippen LogP contribution in [0.1, 0.15) is 55.7 Å². The number of halogens is 1. The van der Waals surface area contributed by atoms with Gasteiger partial charge in [0.25, 0.3) is 11.8 Å². The number of aryl methyl sites for hydroxylation is 1. The highest BCUT2D eigenvalue weighted by atomic mass is 19.1. The molecule has 4 rings (SSSR count). The Balaban J connectivity index is 1.41. The Morgan fingerprint density at radius 3 is 2.70 bits per heavy atom. The van der Waals surface area contributed by atoms with E-state index in [1.165, 1.54) is 31.4 Å². The van der Waals surface area contributed by atoms with E-state index >= 15 is 0 Å². The van der Waals surface area contributed by atoms with Crippen molar-refractivity contribution in [2.45, 2.75) is 25.4 Å². The lowest BCUT2D eigenvalue weighted by Gasteiger charge is -2.14. The number of hydrogen-bond acceptors (Lipinski definition) is 6. The van der Waals surface area contributed by atoms with Crippen molar-refractivity contribution in [2.75, 3.05) is 7.11 Å². The van der Waals surface area contributed by atoms with E-state index in [2.05, 4.69) is 26.7 Å². The normalized spacial score (nSPS) is 14.2. The second-order valence-electron chi connectivity index (χ2n) is 7.53. The minimum atomic E-state index is -0.495. The number of nitrogens with one attached hydrogen (secondary N) is 2. The van der Waals surface area contributed by atoms with E-state index in [0.717, 1.165) is 30.3 Å². The Morgan fingerprint density at radius 2 is 1.94 bits per heavy atom. The van der Waals surface area contributed by atoms with Crippen LogP contribution in [0.3, 0.4) is 0 Å². The molecule has 2 aromatic carbocycles. The largest absolute Gasteiger partial charge is 0.494 e. The number of nitriles is 1. The number of aromatic nitrogens is 2. The second kappa shape index (κ2) is 9.44. The summed E-state index contributed by atoms with van der Waals surface area (Å²) in [5.41, 5.74) is 3.36. The lowest BCUT2D eigenvalue weighted by Crippen LogP contribution is -2.29. The zero-order valence-corrected chi connectivity index (χ0v) is 17.8. The number of amides is 2. The molecule has 8 nitrogen and oxygen atoms in total. The molecular formula is C24H20FN5O3. The van der Waals surface area contributed by atoms with Crippen LogP contribution in [0.5, 0.6) is 5.75 Å². The first-order valence-corrected chi connectivity index (χ1v) is 10.2. The number of carbonyl (C=O) groups excluding carboxylic acids is 2. The first kappa shape index (κ1) is 21.9. The molecule has 0 bridgehead atoms. The molecule has 0 unspecified atom stereocenters. The number of nitrogens with zero attached hydrogens (tertiary/aromatic N) is 3. The van der Waals surface area contributed by atoms with Gasteiger partial charge in [-0.2, -0.15) is 5.26 Å². The van der Waals surface area contributed by atoms with Crippen LogP contribution in [0, 0.1) is 17.1 Å². The first-order valence-electron chi connectivity index (χ1n) is 10.2. The number of benzene rings is 2. The zero-order chi connectivity index (χ0) is 23.4. The van der Waals surface area contributed by atoms with Crippen LogP contribution in [0.4, 0.5) is 4.39 Å². The van der Waals surface area contributed by atoms with Gasteiger partial charge in [-0.1, -0.05) is 12.1 Å². The first-order chi connectivity index (χ1) is 16.0. The molecule has 9 heteroatoms. The van der Waals surface area contributed by atoms with Gasteiger partial charge >= 0.3 is 0 Å². The molecule has 1 aliphatic carbocycles. The smallest absolute Gasteiger partial charge is 0.270 e. The third-order valence-electron chi connectivity index (χ3n) is 5.46. The van der Waals surface area contributed by atoms with Crippen LogP contribution >= 0.6 is 0 Å². The molecule has 1 aromatic heterocycles. The summed E-state index contributed by atoms with van der Waals surface area (Å²) in [6, 6.07) is 13.0. The molecule has 1 heterocycles. The van der Waals surface area contributed by atoms with Gasteiger partial charge in [0.1, 0.15) is 17.7 Å². The van der Waals surface area contributed by atoms with Gasteiger partial charge in [0.05, 0.1) is 24.8 Å². The minimum Gasteiger partial charge on any atom is -0.494 e. The van der Waals surface area contributed by atoms with Gasteiger partial charge in [0, 0.05) is 12.6 Å². The van der Waals surface area contributed by atoms with Crippen molar-refractivity contribution in [1.82, 2.24) is 20.6 Å². The van der Waals surface area contributed by atoms with Crippen molar-refractivity contribution in [3.05, 3.63) is 88.3 Å². The Hall–Kier alpha value is -4.32. The maximum atomic E-state index is 13.5. The number of rotatable bonds is 6. The summed E-state index contributed by atoms with van der Waals surface area (Å²) in [4.78, 5) is 33.2. The number of methoxy groups -OCH3 is 1. The van der Waals surface area contributed by atoms with Gasteiger partial charge in [-0.05, 0) is 53.8 Å². The van der Waals surface area contributed by atoms with E-state index in [-0.39, 0.29) is 29.7 Å². The fourth-order valence-corrected chi connectivity index (χ4v) is 3.76. The average molecular weight is 445 g/mol. The van der Waals surface area contributed by atoms with Crippen molar-refractivity contribution in [3.63, 3.8) is 0 Å². The molecule has 0 radical (unpaired) electrons. The summed E-state index contributed by atoms with van der Waals surface area (Å²) in [7, 11) is 1.36. The van der Waals surface area contributed by atoms with Gasteiger partial charge in [-0.25, -0.2) is 14.4 Å². The summed E-state index contributed by atoms with van der Waals surface area (Å²) in [6.45, 7) is 0.130. The number of carbonyl (C=O) groups is 2. The standard InChI is InChI=1S/C24H20FN5O3/c1-33-22-9-15(3-6-18(22)25)12-27-23(31)20-10-21(29-13-28-20)24(32)30-19-7-4-16-8-14(11-26)2-5-17(16)19/h2-3,5-6,8-10,13,19H,4,7,12H2,1H3,(H,27,31)(H,30,32)/t19-/m1/s1. The molecule has 0 saturated heterocycles. The monoisotopic (exact) mass is 445 g/mol. The molecule has 3 aromatic rings. The fraction of sp³-hybridized carbons (Fsp3) is 0.208. The van der Waals surface area contributed by atoms with Gasteiger partial charge < -0.3 is 15.4 Å². The van der Waals surface area contributed by atoms with Crippen LogP contribution in [0.2, 0.25) is 0 Å². The average Bonchev–Trinajstić information content (AvgIpc) is 3.25. The van der Waals surface area contributed by atoms with Crippen molar-refractivity contribution >= 4 is 11.8 Å². The minimum absolute atomic E-state index is 0.0368. The topological polar surface area (TPSA) is 117 Å². The van der Waals surface area contributed by atoms with E-state index in [1.807, 2.05) is 12.1 Å². The highest BCUT2D eigenvalue weighted by molar-refractivity contribution is 5.97. The molecular weight excluding hydrogens is 425 g/mol. The summed E-state index contributed by atoms with van der Waals surface area (Å²) in [5.74, 6) is -1.32. The van der Waals surface area contributed by atoms with Crippen molar-refractivity contribution in [3.8, 4) is 11.8 Å². The summed E-state index contributed by atoms with van der Waals surface area (Å²) in [5, 5.41) is 14.7. The molecule has 0 spiro atoms. The molecule has 0 aliphatic heterocycles. The lowest BCUT2D eigenvalue weighted by molar-refractivity contribution is 0.0931. The quantitative estimate of drug-likeness (QED) is 0.603. The van der Waals surface area contributed by atoms with E-state index in [0.29, 0.717) is 11.1 Å². The predicted molar refractivity (Wildman–Crippen MR) is 116 cm³/mol. The Kier molecular flexibility index (Phi) is 6.26. The molecule has 166 valence electrons. The van der Waals surface area contributed by atoms with E-state index in [9.17, 15) is 14.0 Å². The Labute approximate surface area is 189 Å². The molecule has 1 aliphatic rings. The van der Waals surface area contributed by atoms with Gasteiger partial charge in [0.15, 0.2) is 11.6 Å². The predicted octanol–water partition coefficient (Wildman–Crippen LogP) is 2.84. The summed E-state index contributed by atoms with van der Waals surface area (Å²) >= 11 is 0. The van der Waals surface area contributed by atoms with E-state index < -0.39 is 17.6 Å². The van der Waals surface area contributed by atoms with Crippen molar-refractivity contribution in [1.29, 1.82) is 5.26 Å². The molecule has 33 heavy (non-hydrogen) atoms. The van der Waals surface area contributed by atoms with Crippen LogP contribution < -0.4 is 15.4 Å². The summed E-state index contributed by atoms with van der Waals surface area (Å²) in [6.07, 6.45) is 2.64. The SMILES string of the molecule is COc1cc(CNC(=O)c2cc(C(=O)N[C@@H]3CCc4cc(C#N)ccc43)ncn2)ccc1F.